The molecule has 2 heterocycles. The van der Waals surface area contributed by atoms with Crippen molar-refractivity contribution in [1.82, 2.24) is 4.90 Å². The third-order valence-corrected chi connectivity index (χ3v) is 6.72. The van der Waals surface area contributed by atoms with Crippen molar-refractivity contribution in [3.63, 3.8) is 0 Å². The second kappa shape index (κ2) is 9.16. The fourth-order valence-corrected chi connectivity index (χ4v) is 5.03. The second-order valence-electron chi connectivity index (χ2n) is 7.44. The van der Waals surface area contributed by atoms with Gasteiger partial charge in [-0.2, -0.15) is 0 Å². The molecule has 4 rings (SSSR count). The van der Waals surface area contributed by atoms with E-state index in [1.807, 2.05) is 25.1 Å². The molecule has 0 radical (unpaired) electrons. The van der Waals surface area contributed by atoms with Crippen molar-refractivity contribution in [2.45, 2.75) is 13.3 Å². The van der Waals surface area contributed by atoms with Gasteiger partial charge in [-0.05, 0) is 24.6 Å². The number of aliphatic carboxylic acids is 1. The first-order valence-corrected chi connectivity index (χ1v) is 11.3. The van der Waals surface area contributed by atoms with Gasteiger partial charge < -0.3 is 10.4 Å². The molecule has 2 N–H and O–H groups in total. The molecular formula is C23H19N3O5S2. The quantitative estimate of drug-likeness (QED) is 0.482. The zero-order valence-electron chi connectivity index (χ0n) is 17.5. The van der Waals surface area contributed by atoms with Crippen LogP contribution < -0.4 is 10.2 Å². The molecule has 1 saturated heterocycles. The van der Waals surface area contributed by atoms with E-state index in [-0.39, 0.29) is 40.2 Å². The van der Waals surface area contributed by atoms with E-state index in [4.69, 9.17) is 17.3 Å². The van der Waals surface area contributed by atoms with E-state index in [0.717, 1.165) is 17.3 Å². The van der Waals surface area contributed by atoms with Gasteiger partial charge >= 0.3 is 5.97 Å². The van der Waals surface area contributed by atoms with E-state index in [2.05, 4.69) is 5.32 Å². The van der Waals surface area contributed by atoms with Crippen LogP contribution in [0.2, 0.25) is 0 Å². The predicted octanol–water partition coefficient (Wildman–Crippen LogP) is 3.03. The Bertz CT molecular complexity index is 1240. The third kappa shape index (κ3) is 4.39. The monoisotopic (exact) mass is 481 g/mol. The largest absolute Gasteiger partial charge is 0.481 e. The number of hydrogen-bond acceptors (Lipinski definition) is 6. The van der Waals surface area contributed by atoms with Crippen molar-refractivity contribution in [2.24, 2.45) is 0 Å². The first-order chi connectivity index (χ1) is 15.8. The molecule has 33 heavy (non-hydrogen) atoms. The van der Waals surface area contributed by atoms with Gasteiger partial charge in [-0.3, -0.25) is 29.0 Å². The van der Waals surface area contributed by atoms with Crippen LogP contribution in [0.15, 0.2) is 53.4 Å². The standard InChI is InChI=1S/C23H19N3O5S2/c1-13-6-2-4-8-15(13)24-17(27)12-26-16-9-5-3-7-14(16)19(21(26)30)20-22(31)25(23(32)33-20)11-10-18(28)29/h2-9H,10-12H2,1H3,(H,24,27)(H,28,29)/b20-19-. The SMILES string of the molecule is Cc1ccccc1NC(=O)CN1C(=O)/C(=C2\SC(=S)N(CCC(=O)O)C2=O)c2ccccc21. The summed E-state index contributed by atoms with van der Waals surface area (Å²) in [5.41, 5.74) is 2.77. The normalized spacial score (nSPS) is 17.5. The van der Waals surface area contributed by atoms with E-state index in [0.29, 0.717) is 16.9 Å². The van der Waals surface area contributed by atoms with Crippen LogP contribution in [0, 0.1) is 6.92 Å². The minimum Gasteiger partial charge on any atom is -0.481 e. The highest BCUT2D eigenvalue weighted by Gasteiger charge is 2.42. The van der Waals surface area contributed by atoms with Crippen molar-refractivity contribution in [2.75, 3.05) is 23.3 Å². The number of carboxylic acids is 1. The van der Waals surface area contributed by atoms with Crippen LogP contribution in [-0.2, 0) is 19.2 Å². The Hall–Kier alpha value is -3.50. The van der Waals surface area contributed by atoms with Gasteiger partial charge in [-0.15, -0.1) is 0 Å². The molecular weight excluding hydrogens is 462 g/mol. The number of fused-ring (bicyclic) bond motifs is 1. The number of nitrogens with zero attached hydrogens (tertiary/aromatic N) is 2. The molecule has 0 spiro atoms. The molecule has 0 saturated carbocycles. The summed E-state index contributed by atoms with van der Waals surface area (Å²) in [6, 6.07) is 14.2. The number of thioether (sulfide) groups is 1. The summed E-state index contributed by atoms with van der Waals surface area (Å²) in [6.45, 7) is 1.57. The van der Waals surface area contributed by atoms with Crippen LogP contribution in [0.3, 0.4) is 0 Å². The molecule has 168 valence electrons. The molecule has 0 aliphatic carbocycles. The molecule has 0 bridgehead atoms. The summed E-state index contributed by atoms with van der Waals surface area (Å²) in [5.74, 6) is -2.40. The van der Waals surface area contributed by atoms with Gasteiger partial charge in [0.05, 0.1) is 22.6 Å². The maximum atomic E-state index is 13.4. The van der Waals surface area contributed by atoms with Gasteiger partial charge in [0.15, 0.2) is 0 Å². The zero-order chi connectivity index (χ0) is 23.7. The molecule has 0 atom stereocenters. The first kappa shape index (κ1) is 22.7. The van der Waals surface area contributed by atoms with E-state index in [1.165, 1.54) is 9.80 Å². The molecule has 2 aliphatic rings. The zero-order valence-corrected chi connectivity index (χ0v) is 19.2. The van der Waals surface area contributed by atoms with Crippen LogP contribution in [-0.4, -0.2) is 51.1 Å². The maximum Gasteiger partial charge on any atom is 0.305 e. The Balaban J connectivity index is 1.63. The number of benzene rings is 2. The number of carbonyl (C=O) groups is 4. The number of carboxylic acid groups (broad SMARTS) is 1. The molecule has 3 amide bonds. The number of amides is 3. The van der Waals surface area contributed by atoms with Crippen molar-refractivity contribution in [3.8, 4) is 0 Å². The van der Waals surface area contributed by atoms with Crippen LogP contribution in [0.25, 0.3) is 5.57 Å². The van der Waals surface area contributed by atoms with Gasteiger partial charge in [0, 0.05) is 17.8 Å². The van der Waals surface area contributed by atoms with Crippen LogP contribution in [0.1, 0.15) is 17.5 Å². The van der Waals surface area contributed by atoms with Gasteiger partial charge in [0.2, 0.25) is 5.91 Å². The van der Waals surface area contributed by atoms with E-state index in [9.17, 15) is 19.2 Å². The lowest BCUT2D eigenvalue weighted by Gasteiger charge is -2.17. The number of carbonyl (C=O) groups excluding carboxylic acids is 3. The summed E-state index contributed by atoms with van der Waals surface area (Å²) < 4.78 is 0.199. The number of hydrogen-bond donors (Lipinski definition) is 2. The highest BCUT2D eigenvalue weighted by atomic mass is 32.2. The minimum absolute atomic E-state index is 0.0742. The number of thiocarbonyl (C=S) groups is 1. The maximum absolute atomic E-state index is 13.4. The number of nitrogens with one attached hydrogen (secondary N) is 1. The first-order valence-electron chi connectivity index (χ1n) is 10.0. The Morgan fingerprint density at radius 2 is 1.73 bits per heavy atom. The smallest absolute Gasteiger partial charge is 0.305 e. The number of rotatable bonds is 6. The van der Waals surface area contributed by atoms with Crippen LogP contribution >= 0.6 is 24.0 Å². The summed E-state index contributed by atoms with van der Waals surface area (Å²) in [6.07, 6.45) is -0.259. The highest BCUT2D eigenvalue weighted by molar-refractivity contribution is 8.26. The fraction of sp³-hybridized carbons (Fsp3) is 0.174. The molecule has 1 fully saturated rings. The van der Waals surface area contributed by atoms with E-state index < -0.39 is 17.8 Å². The number of aryl methyl sites for hydroxylation is 1. The summed E-state index contributed by atoms with van der Waals surface area (Å²) in [4.78, 5) is 52.7. The fourth-order valence-electron chi connectivity index (χ4n) is 3.65. The molecule has 0 aromatic heterocycles. The van der Waals surface area contributed by atoms with Gasteiger partial charge in [0.25, 0.3) is 11.8 Å². The molecule has 8 nitrogen and oxygen atoms in total. The van der Waals surface area contributed by atoms with Crippen molar-refractivity contribution >= 4 is 68.9 Å². The topological polar surface area (TPSA) is 107 Å². The average Bonchev–Trinajstić information content (AvgIpc) is 3.20. The van der Waals surface area contributed by atoms with Crippen LogP contribution in [0.4, 0.5) is 11.4 Å². The molecule has 0 unspecified atom stereocenters. The summed E-state index contributed by atoms with van der Waals surface area (Å²) in [5, 5.41) is 11.8. The highest BCUT2D eigenvalue weighted by Crippen LogP contribution is 2.44. The Kier molecular flexibility index (Phi) is 6.30. The lowest BCUT2D eigenvalue weighted by Crippen LogP contribution is -2.36. The number of para-hydroxylation sites is 2. The van der Waals surface area contributed by atoms with Gasteiger partial charge in [0.1, 0.15) is 10.9 Å². The van der Waals surface area contributed by atoms with Crippen LogP contribution in [0.5, 0.6) is 0 Å². The lowest BCUT2D eigenvalue weighted by molar-refractivity contribution is -0.137. The third-order valence-electron chi connectivity index (χ3n) is 5.27. The van der Waals surface area contributed by atoms with Crippen molar-refractivity contribution < 1.29 is 24.3 Å². The molecule has 2 aromatic carbocycles. The van der Waals surface area contributed by atoms with E-state index in [1.54, 1.807) is 30.3 Å². The average molecular weight is 482 g/mol. The number of anilines is 2. The Labute approximate surface area is 199 Å². The Morgan fingerprint density at radius 1 is 1.03 bits per heavy atom. The lowest BCUT2D eigenvalue weighted by atomic mass is 10.1. The molecule has 2 aliphatic heterocycles. The minimum atomic E-state index is -1.05. The second-order valence-corrected chi connectivity index (χ2v) is 9.09. The summed E-state index contributed by atoms with van der Waals surface area (Å²) >= 11 is 6.23. The summed E-state index contributed by atoms with van der Waals surface area (Å²) in [7, 11) is 0. The van der Waals surface area contributed by atoms with Crippen molar-refractivity contribution in [1.29, 1.82) is 0 Å². The van der Waals surface area contributed by atoms with Gasteiger partial charge in [-0.25, -0.2) is 0 Å². The van der Waals surface area contributed by atoms with E-state index >= 15 is 0 Å². The van der Waals surface area contributed by atoms with Crippen molar-refractivity contribution in [3.05, 3.63) is 64.6 Å². The molecule has 2 aromatic rings. The van der Waals surface area contributed by atoms with Gasteiger partial charge in [-0.1, -0.05) is 60.4 Å². The predicted molar refractivity (Wildman–Crippen MR) is 130 cm³/mol. The molecule has 10 heteroatoms. The Morgan fingerprint density at radius 3 is 2.45 bits per heavy atom.